The number of aliphatic hydroxyl groups is 1. The minimum Gasteiger partial charge on any atom is -0.384 e. The predicted octanol–water partition coefficient (Wildman–Crippen LogP) is 2.74. The van der Waals surface area contributed by atoms with Gasteiger partial charge in [0.05, 0.1) is 0 Å². The molecule has 0 aromatic rings. The normalized spacial score (nSPS) is 17.5. The average Bonchev–Trinajstić information content (AvgIpc) is 1.82. The van der Waals surface area contributed by atoms with E-state index in [4.69, 9.17) is 5.11 Å². The number of hydrogen-bond donors (Lipinski definition) is 1. The molecule has 0 aromatic carbocycles. The lowest BCUT2D eigenvalue weighted by atomic mass is 10.00. The van der Waals surface area contributed by atoms with E-state index < -0.39 is 37.5 Å². The zero-order chi connectivity index (χ0) is 10.7. The number of rotatable bonds is 4. The molecule has 0 aliphatic heterocycles. The predicted molar refractivity (Wildman–Crippen MR) is 36.5 cm³/mol. The van der Waals surface area contributed by atoms with E-state index in [0.29, 0.717) is 0 Å². The fraction of sp³-hybridized carbons (Fsp3) is 1.00. The lowest BCUT2D eigenvalue weighted by Crippen LogP contribution is -2.33. The van der Waals surface area contributed by atoms with Crippen LogP contribution in [0.3, 0.4) is 0 Å². The van der Waals surface area contributed by atoms with E-state index in [1.807, 2.05) is 0 Å². The maximum atomic E-state index is 11.9. The molecule has 0 bridgehead atoms. The topological polar surface area (TPSA) is 20.2 Å². The van der Waals surface area contributed by atoms with Gasteiger partial charge >= 0.3 is 6.18 Å². The van der Waals surface area contributed by atoms with E-state index in [-0.39, 0.29) is 0 Å². The van der Waals surface area contributed by atoms with Crippen LogP contribution < -0.4 is 0 Å². The van der Waals surface area contributed by atoms with Crippen LogP contribution in [0, 0.1) is 0 Å². The molecule has 6 heteroatoms. The largest absolute Gasteiger partial charge is 0.389 e. The molecule has 0 saturated heterocycles. The minimum atomic E-state index is -4.35. The molecule has 1 N–H and O–H groups in total. The summed E-state index contributed by atoms with van der Waals surface area (Å²) in [5.74, 6) is 0. The van der Waals surface area contributed by atoms with Crippen molar-refractivity contribution in [3.8, 4) is 0 Å². The zero-order valence-corrected chi connectivity index (χ0v) is 7.04. The standard InChI is InChI=1S/C7H11F5O/c1-6(13,5(8)9)3-2-4-7(10,11)12/h5,13H,2-4H2,1H3. The van der Waals surface area contributed by atoms with Gasteiger partial charge in [0.1, 0.15) is 5.60 Å². The Morgan fingerprint density at radius 3 is 1.92 bits per heavy atom. The molecule has 80 valence electrons. The first-order valence-electron chi connectivity index (χ1n) is 3.72. The molecule has 0 aromatic heterocycles. The Morgan fingerprint density at radius 1 is 1.15 bits per heavy atom. The van der Waals surface area contributed by atoms with Crippen molar-refractivity contribution < 1.29 is 27.1 Å². The van der Waals surface area contributed by atoms with Crippen molar-refractivity contribution in [1.29, 1.82) is 0 Å². The van der Waals surface area contributed by atoms with Crippen molar-refractivity contribution in [3.63, 3.8) is 0 Å². The summed E-state index contributed by atoms with van der Waals surface area (Å²) in [6.45, 7) is 0.827. The Labute approximate surface area is 72.6 Å². The molecule has 0 heterocycles. The van der Waals surface area contributed by atoms with Gasteiger partial charge in [0.25, 0.3) is 6.43 Å². The van der Waals surface area contributed by atoms with Crippen LogP contribution in [0.25, 0.3) is 0 Å². The minimum absolute atomic E-state index is 0.485. The molecule has 0 saturated carbocycles. The first-order valence-corrected chi connectivity index (χ1v) is 3.72. The van der Waals surface area contributed by atoms with Gasteiger partial charge in [0.2, 0.25) is 0 Å². The van der Waals surface area contributed by atoms with Crippen molar-refractivity contribution in [2.45, 2.75) is 44.4 Å². The van der Waals surface area contributed by atoms with Crippen molar-refractivity contribution in [1.82, 2.24) is 0 Å². The van der Waals surface area contributed by atoms with Crippen LogP contribution in [-0.2, 0) is 0 Å². The molecular formula is C7H11F5O. The SMILES string of the molecule is CC(O)(CCCC(F)(F)F)C(F)F. The highest BCUT2D eigenvalue weighted by Gasteiger charge is 2.34. The third-order valence-corrected chi connectivity index (χ3v) is 1.61. The van der Waals surface area contributed by atoms with Crippen molar-refractivity contribution in [3.05, 3.63) is 0 Å². The first kappa shape index (κ1) is 12.6. The molecule has 0 aliphatic carbocycles. The Hall–Kier alpha value is -0.390. The Kier molecular flexibility index (Phi) is 4.09. The monoisotopic (exact) mass is 206 g/mol. The molecule has 1 nitrogen and oxygen atoms in total. The van der Waals surface area contributed by atoms with Crippen LogP contribution in [0.5, 0.6) is 0 Å². The smallest absolute Gasteiger partial charge is 0.384 e. The molecule has 13 heavy (non-hydrogen) atoms. The quantitative estimate of drug-likeness (QED) is 0.701. The van der Waals surface area contributed by atoms with Gasteiger partial charge in [-0.1, -0.05) is 0 Å². The van der Waals surface area contributed by atoms with Gasteiger partial charge < -0.3 is 5.11 Å². The third kappa shape index (κ3) is 5.79. The van der Waals surface area contributed by atoms with E-state index >= 15 is 0 Å². The van der Waals surface area contributed by atoms with Gasteiger partial charge in [-0.15, -0.1) is 0 Å². The van der Waals surface area contributed by atoms with Gasteiger partial charge in [-0.25, -0.2) is 8.78 Å². The van der Waals surface area contributed by atoms with Gasteiger partial charge in [0, 0.05) is 6.42 Å². The molecule has 1 unspecified atom stereocenters. The van der Waals surface area contributed by atoms with Crippen LogP contribution in [0.15, 0.2) is 0 Å². The van der Waals surface area contributed by atoms with Crippen LogP contribution in [0.4, 0.5) is 22.0 Å². The molecule has 0 spiro atoms. The van der Waals surface area contributed by atoms with Gasteiger partial charge in [-0.3, -0.25) is 0 Å². The Balaban J connectivity index is 3.77. The lowest BCUT2D eigenvalue weighted by Gasteiger charge is -2.21. The molecule has 0 rings (SSSR count). The van der Waals surface area contributed by atoms with Crippen LogP contribution in [0.2, 0.25) is 0 Å². The highest BCUT2D eigenvalue weighted by Crippen LogP contribution is 2.27. The second-order valence-electron chi connectivity index (χ2n) is 3.13. The molecule has 0 fully saturated rings. The number of alkyl halides is 5. The summed E-state index contributed by atoms with van der Waals surface area (Å²) in [5, 5.41) is 8.87. The average molecular weight is 206 g/mol. The van der Waals surface area contributed by atoms with E-state index in [1.165, 1.54) is 0 Å². The molecule has 0 amide bonds. The zero-order valence-electron chi connectivity index (χ0n) is 7.04. The second-order valence-corrected chi connectivity index (χ2v) is 3.13. The van der Waals surface area contributed by atoms with Crippen molar-refractivity contribution >= 4 is 0 Å². The van der Waals surface area contributed by atoms with Crippen LogP contribution in [-0.4, -0.2) is 23.3 Å². The van der Waals surface area contributed by atoms with E-state index in [1.54, 1.807) is 0 Å². The first-order chi connectivity index (χ1) is 5.65. The van der Waals surface area contributed by atoms with E-state index in [9.17, 15) is 22.0 Å². The third-order valence-electron chi connectivity index (χ3n) is 1.61. The molecule has 0 aliphatic rings. The summed E-state index contributed by atoms with van der Waals surface area (Å²) in [7, 11) is 0. The molecule has 1 atom stereocenters. The highest BCUT2D eigenvalue weighted by atomic mass is 19.4. The van der Waals surface area contributed by atoms with Crippen molar-refractivity contribution in [2.75, 3.05) is 0 Å². The maximum absolute atomic E-state index is 11.9. The maximum Gasteiger partial charge on any atom is 0.389 e. The molecule has 0 radical (unpaired) electrons. The number of hydrogen-bond acceptors (Lipinski definition) is 1. The fourth-order valence-electron chi connectivity index (χ4n) is 0.756. The van der Waals surface area contributed by atoms with Crippen LogP contribution in [0.1, 0.15) is 26.2 Å². The summed E-state index contributed by atoms with van der Waals surface area (Å²) in [5.41, 5.74) is -2.31. The summed E-state index contributed by atoms with van der Waals surface area (Å²) in [4.78, 5) is 0. The van der Waals surface area contributed by atoms with Crippen LogP contribution >= 0.6 is 0 Å². The summed E-state index contributed by atoms with van der Waals surface area (Å²) in [6, 6.07) is 0. The second kappa shape index (κ2) is 4.21. The van der Waals surface area contributed by atoms with Gasteiger partial charge in [0.15, 0.2) is 0 Å². The lowest BCUT2D eigenvalue weighted by molar-refractivity contribution is -0.142. The summed E-state index contributed by atoms with van der Waals surface area (Å²) >= 11 is 0. The summed E-state index contributed by atoms with van der Waals surface area (Å²) in [6.07, 6.45) is -9.54. The van der Waals surface area contributed by atoms with Gasteiger partial charge in [-0.05, 0) is 19.8 Å². The molecular weight excluding hydrogens is 195 g/mol. The number of halogens is 5. The van der Waals surface area contributed by atoms with E-state index in [2.05, 4.69) is 0 Å². The van der Waals surface area contributed by atoms with Gasteiger partial charge in [-0.2, -0.15) is 13.2 Å². The highest BCUT2D eigenvalue weighted by molar-refractivity contribution is 4.75. The Morgan fingerprint density at radius 2 is 1.62 bits per heavy atom. The summed E-state index contributed by atoms with van der Waals surface area (Å²) < 4.78 is 58.5. The Bertz CT molecular complexity index is 151. The fourth-order valence-corrected chi connectivity index (χ4v) is 0.756. The van der Waals surface area contributed by atoms with E-state index in [0.717, 1.165) is 6.92 Å². The van der Waals surface area contributed by atoms with Crippen molar-refractivity contribution in [2.24, 2.45) is 0 Å².